The first-order chi connectivity index (χ1) is 4.84. The minimum atomic E-state index is -1.10. The summed E-state index contributed by atoms with van der Waals surface area (Å²) in [6.07, 6.45) is 0.459. The second-order valence-electron chi connectivity index (χ2n) is 1.92. The van der Waals surface area contributed by atoms with E-state index < -0.39 is 6.17 Å². The Labute approximate surface area is 57.6 Å². The van der Waals surface area contributed by atoms with Crippen LogP contribution in [0.2, 0.25) is 0 Å². The van der Waals surface area contributed by atoms with E-state index in [0.717, 1.165) is 0 Å². The number of nitrogens with zero attached hydrogens (tertiary/aromatic N) is 2. The Kier molecular flexibility index (Phi) is 2.33. The molecule has 0 spiro atoms. The molecule has 0 saturated heterocycles. The molecule has 1 aromatic heterocycles. The first kappa shape index (κ1) is 7.14. The highest BCUT2D eigenvalue weighted by Gasteiger charge is 2.10. The van der Waals surface area contributed by atoms with Crippen LogP contribution in [0.15, 0.2) is 6.33 Å². The van der Waals surface area contributed by atoms with Crippen molar-refractivity contribution >= 4 is 0 Å². The van der Waals surface area contributed by atoms with Gasteiger partial charge in [-0.15, -0.1) is 0 Å². The third-order valence-electron chi connectivity index (χ3n) is 1.15. The molecule has 0 radical (unpaired) electrons. The highest BCUT2D eigenvalue weighted by Crippen LogP contribution is 2.14. The summed E-state index contributed by atoms with van der Waals surface area (Å²) in [5.41, 5.74) is 5.13. The number of nitrogens with one attached hydrogen (secondary N) is 1. The van der Waals surface area contributed by atoms with Gasteiger partial charge in [-0.05, 0) is 13.0 Å². The third-order valence-corrected chi connectivity index (χ3v) is 1.15. The molecule has 1 atom stereocenters. The van der Waals surface area contributed by atoms with E-state index in [1.165, 1.54) is 6.33 Å². The van der Waals surface area contributed by atoms with Gasteiger partial charge in [0.2, 0.25) is 0 Å². The van der Waals surface area contributed by atoms with Gasteiger partial charge >= 0.3 is 0 Å². The number of aromatic amines is 1. The molecule has 56 valence electrons. The second-order valence-corrected chi connectivity index (χ2v) is 1.92. The van der Waals surface area contributed by atoms with Crippen LogP contribution in [0, 0.1) is 0 Å². The van der Waals surface area contributed by atoms with Crippen LogP contribution in [0.25, 0.3) is 0 Å². The molecule has 4 nitrogen and oxygen atoms in total. The van der Waals surface area contributed by atoms with E-state index in [-0.39, 0.29) is 12.2 Å². The van der Waals surface area contributed by atoms with Crippen molar-refractivity contribution in [3.05, 3.63) is 12.2 Å². The molecule has 1 unspecified atom stereocenters. The zero-order valence-corrected chi connectivity index (χ0v) is 5.42. The van der Waals surface area contributed by atoms with Crippen LogP contribution in [0.4, 0.5) is 4.39 Å². The zero-order valence-electron chi connectivity index (χ0n) is 5.42. The lowest BCUT2D eigenvalue weighted by atomic mass is 10.3. The summed E-state index contributed by atoms with van der Waals surface area (Å²) in [7, 11) is 0. The predicted octanol–water partition coefficient (Wildman–Crippen LogP) is 0.164. The molecule has 5 heteroatoms. The fraction of sp³-hybridized carbons (Fsp3) is 0.600. The van der Waals surface area contributed by atoms with Crippen molar-refractivity contribution in [1.82, 2.24) is 15.2 Å². The van der Waals surface area contributed by atoms with Crippen LogP contribution in [-0.4, -0.2) is 21.7 Å². The SMILES string of the molecule is NCCC(F)c1ncn[nH]1. The minimum absolute atomic E-state index is 0.255. The van der Waals surface area contributed by atoms with E-state index in [9.17, 15) is 4.39 Å². The lowest BCUT2D eigenvalue weighted by Crippen LogP contribution is -2.04. The Morgan fingerprint density at radius 2 is 2.60 bits per heavy atom. The van der Waals surface area contributed by atoms with Gasteiger partial charge in [0.1, 0.15) is 6.33 Å². The highest BCUT2D eigenvalue weighted by molar-refractivity contribution is 4.86. The first-order valence-electron chi connectivity index (χ1n) is 3.04. The van der Waals surface area contributed by atoms with Crippen LogP contribution in [-0.2, 0) is 0 Å². The van der Waals surface area contributed by atoms with Crippen molar-refractivity contribution < 1.29 is 4.39 Å². The lowest BCUT2D eigenvalue weighted by Gasteiger charge is -1.99. The Balaban J connectivity index is 2.50. The number of H-pyrrole nitrogens is 1. The Morgan fingerprint density at radius 3 is 3.10 bits per heavy atom. The number of rotatable bonds is 3. The van der Waals surface area contributed by atoms with Crippen molar-refractivity contribution in [2.75, 3.05) is 6.54 Å². The maximum absolute atomic E-state index is 12.8. The standard InChI is InChI=1S/C5H9FN4/c6-4(1-2-7)5-8-3-9-10-5/h3-4H,1-2,7H2,(H,8,9,10). The second kappa shape index (κ2) is 3.26. The predicted molar refractivity (Wildman–Crippen MR) is 33.9 cm³/mol. The summed E-state index contributed by atoms with van der Waals surface area (Å²) in [4.78, 5) is 3.64. The van der Waals surface area contributed by atoms with E-state index in [2.05, 4.69) is 15.2 Å². The highest BCUT2D eigenvalue weighted by atomic mass is 19.1. The molecule has 0 fully saturated rings. The van der Waals surface area contributed by atoms with Gasteiger partial charge in [-0.3, -0.25) is 5.10 Å². The van der Waals surface area contributed by atoms with Gasteiger partial charge in [-0.1, -0.05) is 0 Å². The van der Waals surface area contributed by atoms with Gasteiger partial charge in [0, 0.05) is 0 Å². The largest absolute Gasteiger partial charge is 0.330 e. The Morgan fingerprint density at radius 1 is 1.80 bits per heavy atom. The number of halogens is 1. The molecular weight excluding hydrogens is 135 g/mol. The zero-order chi connectivity index (χ0) is 7.40. The molecule has 1 aromatic rings. The monoisotopic (exact) mass is 144 g/mol. The average molecular weight is 144 g/mol. The Bertz CT molecular complexity index is 174. The smallest absolute Gasteiger partial charge is 0.160 e. The molecule has 0 bridgehead atoms. The van der Waals surface area contributed by atoms with Crippen molar-refractivity contribution in [1.29, 1.82) is 0 Å². The Hall–Kier alpha value is -0.970. The summed E-state index contributed by atoms with van der Waals surface area (Å²) >= 11 is 0. The van der Waals surface area contributed by atoms with E-state index in [0.29, 0.717) is 6.54 Å². The van der Waals surface area contributed by atoms with Gasteiger partial charge in [0.25, 0.3) is 0 Å². The van der Waals surface area contributed by atoms with Crippen molar-refractivity contribution in [3.8, 4) is 0 Å². The number of hydrogen-bond donors (Lipinski definition) is 2. The number of aromatic nitrogens is 3. The first-order valence-corrected chi connectivity index (χ1v) is 3.04. The van der Waals surface area contributed by atoms with Crippen molar-refractivity contribution in [2.45, 2.75) is 12.6 Å². The maximum Gasteiger partial charge on any atom is 0.160 e. The van der Waals surface area contributed by atoms with Crippen molar-refractivity contribution in [3.63, 3.8) is 0 Å². The number of nitrogens with two attached hydrogens (primary N) is 1. The fourth-order valence-electron chi connectivity index (χ4n) is 0.649. The fourth-order valence-corrected chi connectivity index (χ4v) is 0.649. The molecule has 0 aromatic carbocycles. The van der Waals surface area contributed by atoms with Gasteiger partial charge in [0.15, 0.2) is 12.0 Å². The summed E-state index contributed by atoms with van der Waals surface area (Å²) in [6.45, 7) is 0.321. The number of alkyl halides is 1. The van der Waals surface area contributed by atoms with E-state index in [1.807, 2.05) is 0 Å². The molecule has 3 N–H and O–H groups in total. The van der Waals surface area contributed by atoms with E-state index >= 15 is 0 Å². The van der Waals surface area contributed by atoms with Gasteiger partial charge in [-0.25, -0.2) is 9.37 Å². The minimum Gasteiger partial charge on any atom is -0.330 e. The van der Waals surface area contributed by atoms with Crippen molar-refractivity contribution in [2.24, 2.45) is 5.73 Å². The van der Waals surface area contributed by atoms with E-state index in [4.69, 9.17) is 5.73 Å². The average Bonchev–Trinajstić information content (AvgIpc) is 2.38. The lowest BCUT2D eigenvalue weighted by molar-refractivity contribution is 0.312. The number of hydrogen-bond acceptors (Lipinski definition) is 3. The maximum atomic E-state index is 12.8. The molecule has 0 aliphatic carbocycles. The third kappa shape index (κ3) is 1.51. The topological polar surface area (TPSA) is 67.6 Å². The van der Waals surface area contributed by atoms with Gasteiger partial charge < -0.3 is 5.73 Å². The van der Waals surface area contributed by atoms with Crippen LogP contribution in [0.1, 0.15) is 18.4 Å². The molecule has 1 rings (SSSR count). The van der Waals surface area contributed by atoms with Crippen LogP contribution in [0.5, 0.6) is 0 Å². The van der Waals surface area contributed by atoms with E-state index in [1.54, 1.807) is 0 Å². The molecule has 1 heterocycles. The molecule has 0 saturated carbocycles. The van der Waals surface area contributed by atoms with Crippen LogP contribution >= 0.6 is 0 Å². The molecule has 0 amide bonds. The van der Waals surface area contributed by atoms with Crippen LogP contribution in [0.3, 0.4) is 0 Å². The van der Waals surface area contributed by atoms with Gasteiger partial charge in [-0.2, -0.15) is 5.10 Å². The van der Waals surface area contributed by atoms with Gasteiger partial charge in [0.05, 0.1) is 0 Å². The summed E-state index contributed by atoms with van der Waals surface area (Å²) < 4.78 is 12.8. The quantitative estimate of drug-likeness (QED) is 0.635. The normalized spacial score (nSPS) is 13.4. The van der Waals surface area contributed by atoms with Crippen LogP contribution < -0.4 is 5.73 Å². The summed E-state index contributed by atoms with van der Waals surface area (Å²) in [6, 6.07) is 0. The summed E-state index contributed by atoms with van der Waals surface area (Å²) in [5.74, 6) is 0.255. The molecule has 0 aliphatic heterocycles. The summed E-state index contributed by atoms with van der Waals surface area (Å²) in [5, 5.41) is 5.94. The molecular formula is C5H9FN4. The molecule has 0 aliphatic rings. The molecule has 10 heavy (non-hydrogen) atoms.